The van der Waals surface area contributed by atoms with Crippen LogP contribution in [0.25, 0.3) is 0 Å². The molecule has 0 spiro atoms. The number of ether oxygens (including phenoxy) is 3. The van der Waals surface area contributed by atoms with Gasteiger partial charge in [-0.3, -0.25) is 0 Å². The molecule has 1 rings (SSSR count). The van der Waals surface area contributed by atoms with Gasteiger partial charge < -0.3 is 24.8 Å². The summed E-state index contributed by atoms with van der Waals surface area (Å²) in [6.07, 6.45) is 2.27. The van der Waals surface area contributed by atoms with Crippen LogP contribution in [0.2, 0.25) is 0 Å². The molecule has 0 heterocycles. The Morgan fingerprint density at radius 1 is 1.00 bits per heavy atom. The first-order valence-electron chi connectivity index (χ1n) is 8.01. The van der Waals surface area contributed by atoms with E-state index in [1.807, 2.05) is 12.1 Å². The van der Waals surface area contributed by atoms with Crippen LogP contribution in [0.15, 0.2) is 17.1 Å². The van der Waals surface area contributed by atoms with Crippen LogP contribution in [0.3, 0.4) is 0 Å². The smallest absolute Gasteiger partial charge is 0.203 e. The number of aliphatic imine (C=N–C) groups is 1. The number of methoxy groups -OCH3 is 3. The molecule has 0 saturated carbocycles. The number of nitrogens with zero attached hydrogens (tertiary/aromatic N) is 1. The first-order chi connectivity index (χ1) is 11.2. The van der Waals surface area contributed by atoms with E-state index in [-0.39, 0.29) is 0 Å². The predicted molar refractivity (Wildman–Crippen MR) is 93.8 cm³/mol. The van der Waals surface area contributed by atoms with E-state index in [2.05, 4.69) is 29.5 Å². The van der Waals surface area contributed by atoms with Crippen molar-refractivity contribution in [3.05, 3.63) is 17.7 Å². The van der Waals surface area contributed by atoms with Crippen molar-refractivity contribution in [2.24, 2.45) is 4.99 Å². The van der Waals surface area contributed by atoms with Gasteiger partial charge in [0.05, 0.1) is 27.9 Å². The van der Waals surface area contributed by atoms with Gasteiger partial charge >= 0.3 is 0 Å². The van der Waals surface area contributed by atoms with Crippen LogP contribution in [0.5, 0.6) is 17.2 Å². The van der Waals surface area contributed by atoms with Crippen molar-refractivity contribution in [3.8, 4) is 17.2 Å². The topological polar surface area (TPSA) is 64.1 Å². The Labute approximate surface area is 139 Å². The summed E-state index contributed by atoms with van der Waals surface area (Å²) in [7, 11) is 4.82. The Morgan fingerprint density at radius 2 is 1.65 bits per heavy atom. The number of guanidine groups is 1. The maximum Gasteiger partial charge on any atom is 0.203 e. The third-order valence-corrected chi connectivity index (χ3v) is 3.31. The molecule has 0 aliphatic rings. The summed E-state index contributed by atoms with van der Waals surface area (Å²) in [4.78, 5) is 4.60. The minimum Gasteiger partial charge on any atom is -0.493 e. The fourth-order valence-corrected chi connectivity index (χ4v) is 2.12. The maximum atomic E-state index is 5.37. The van der Waals surface area contributed by atoms with Gasteiger partial charge in [0.1, 0.15) is 0 Å². The molecule has 0 unspecified atom stereocenters. The van der Waals surface area contributed by atoms with E-state index in [1.165, 1.54) is 0 Å². The molecule has 0 amide bonds. The third kappa shape index (κ3) is 5.88. The van der Waals surface area contributed by atoms with Gasteiger partial charge in [0.15, 0.2) is 17.5 Å². The second kappa shape index (κ2) is 10.6. The number of rotatable bonds is 9. The molecule has 0 fully saturated rings. The number of hydrogen-bond donors (Lipinski definition) is 2. The average molecular weight is 323 g/mol. The minimum absolute atomic E-state index is 0.526. The molecule has 2 N–H and O–H groups in total. The van der Waals surface area contributed by atoms with Gasteiger partial charge in [-0.15, -0.1) is 0 Å². The van der Waals surface area contributed by atoms with Gasteiger partial charge in [0.2, 0.25) is 5.75 Å². The molecule has 0 radical (unpaired) electrons. The van der Waals surface area contributed by atoms with E-state index in [0.717, 1.165) is 37.5 Å². The minimum atomic E-state index is 0.526. The van der Waals surface area contributed by atoms with Gasteiger partial charge in [-0.1, -0.05) is 13.3 Å². The van der Waals surface area contributed by atoms with Gasteiger partial charge in [0, 0.05) is 13.1 Å². The van der Waals surface area contributed by atoms with Crippen LogP contribution >= 0.6 is 0 Å². The molecule has 130 valence electrons. The molecule has 0 aliphatic heterocycles. The molecule has 1 aromatic carbocycles. The summed E-state index contributed by atoms with van der Waals surface area (Å²) in [5.74, 6) is 2.69. The molecule has 0 saturated heterocycles. The lowest BCUT2D eigenvalue weighted by atomic mass is 10.2. The standard InChI is InChI=1S/C17H29N3O3/c1-6-8-9-19-17(18-7-2)20-12-13-10-14(21-3)16(23-5)15(11-13)22-4/h10-11H,6-9,12H2,1-5H3,(H2,18,19,20). The van der Waals surface area contributed by atoms with E-state index in [0.29, 0.717) is 23.8 Å². The highest BCUT2D eigenvalue weighted by molar-refractivity contribution is 5.79. The first-order valence-corrected chi connectivity index (χ1v) is 8.01. The Hall–Kier alpha value is -2.11. The lowest BCUT2D eigenvalue weighted by molar-refractivity contribution is 0.324. The monoisotopic (exact) mass is 323 g/mol. The second-order valence-electron chi connectivity index (χ2n) is 5.01. The second-order valence-corrected chi connectivity index (χ2v) is 5.01. The van der Waals surface area contributed by atoms with E-state index in [1.54, 1.807) is 21.3 Å². The van der Waals surface area contributed by atoms with E-state index in [4.69, 9.17) is 14.2 Å². The fraction of sp³-hybridized carbons (Fsp3) is 0.588. The highest BCUT2D eigenvalue weighted by Gasteiger charge is 2.13. The zero-order chi connectivity index (χ0) is 17.1. The van der Waals surface area contributed by atoms with Gasteiger partial charge in [-0.05, 0) is 31.0 Å². The van der Waals surface area contributed by atoms with Crippen molar-refractivity contribution in [1.29, 1.82) is 0 Å². The zero-order valence-corrected chi connectivity index (χ0v) is 14.9. The molecule has 0 aliphatic carbocycles. The largest absolute Gasteiger partial charge is 0.493 e. The van der Waals surface area contributed by atoms with Crippen LogP contribution in [0.1, 0.15) is 32.3 Å². The third-order valence-electron chi connectivity index (χ3n) is 3.31. The number of hydrogen-bond acceptors (Lipinski definition) is 4. The van der Waals surface area contributed by atoms with Crippen LogP contribution < -0.4 is 24.8 Å². The van der Waals surface area contributed by atoms with Crippen LogP contribution in [0.4, 0.5) is 0 Å². The highest BCUT2D eigenvalue weighted by atomic mass is 16.5. The molecule has 0 atom stereocenters. The molecule has 23 heavy (non-hydrogen) atoms. The lowest BCUT2D eigenvalue weighted by Gasteiger charge is -2.14. The van der Waals surface area contributed by atoms with Crippen LogP contribution in [-0.4, -0.2) is 40.4 Å². The summed E-state index contributed by atoms with van der Waals surface area (Å²) in [5, 5.41) is 6.57. The molecular formula is C17H29N3O3. The molecule has 0 aromatic heterocycles. The first kappa shape index (κ1) is 18.9. The van der Waals surface area contributed by atoms with E-state index in [9.17, 15) is 0 Å². The zero-order valence-electron chi connectivity index (χ0n) is 14.9. The van der Waals surface area contributed by atoms with E-state index >= 15 is 0 Å². The van der Waals surface area contributed by atoms with Crippen molar-refractivity contribution in [3.63, 3.8) is 0 Å². The SMILES string of the molecule is CCCCNC(=NCc1cc(OC)c(OC)c(OC)c1)NCC. The van der Waals surface area contributed by atoms with Gasteiger partial charge in [-0.2, -0.15) is 0 Å². The summed E-state index contributed by atoms with van der Waals surface area (Å²) >= 11 is 0. The average Bonchev–Trinajstić information content (AvgIpc) is 2.58. The van der Waals surface area contributed by atoms with Gasteiger partial charge in [-0.25, -0.2) is 4.99 Å². The summed E-state index contributed by atoms with van der Waals surface area (Å²) < 4.78 is 16.1. The Kier molecular flexibility index (Phi) is 8.72. The van der Waals surface area contributed by atoms with Crippen LogP contribution in [-0.2, 0) is 6.54 Å². The van der Waals surface area contributed by atoms with Crippen molar-refractivity contribution < 1.29 is 14.2 Å². The van der Waals surface area contributed by atoms with Crippen LogP contribution in [0, 0.1) is 0 Å². The van der Waals surface area contributed by atoms with Crippen molar-refractivity contribution in [1.82, 2.24) is 10.6 Å². The molecule has 6 heteroatoms. The van der Waals surface area contributed by atoms with Crippen molar-refractivity contribution >= 4 is 5.96 Å². The molecule has 0 bridgehead atoms. The highest BCUT2D eigenvalue weighted by Crippen LogP contribution is 2.38. The molecular weight excluding hydrogens is 294 g/mol. The predicted octanol–water partition coefficient (Wildman–Crippen LogP) is 2.57. The Morgan fingerprint density at radius 3 is 2.13 bits per heavy atom. The summed E-state index contributed by atoms with van der Waals surface area (Å²) in [6, 6.07) is 3.83. The van der Waals surface area contributed by atoms with Crippen molar-refractivity contribution in [2.45, 2.75) is 33.2 Å². The molecule has 6 nitrogen and oxygen atoms in total. The normalized spacial score (nSPS) is 11.1. The quantitative estimate of drug-likeness (QED) is 0.415. The summed E-state index contributed by atoms with van der Waals surface area (Å²) in [6.45, 7) is 6.49. The number of benzene rings is 1. The number of nitrogens with one attached hydrogen (secondary N) is 2. The Bertz CT molecular complexity index is 479. The maximum absolute atomic E-state index is 5.37. The lowest BCUT2D eigenvalue weighted by Crippen LogP contribution is -2.37. The Balaban J connectivity index is 2.90. The summed E-state index contributed by atoms with van der Waals surface area (Å²) in [5.41, 5.74) is 0.993. The van der Waals surface area contributed by atoms with Crippen molar-refractivity contribution in [2.75, 3.05) is 34.4 Å². The van der Waals surface area contributed by atoms with Gasteiger partial charge in [0.25, 0.3) is 0 Å². The molecule has 1 aromatic rings. The fourth-order valence-electron chi connectivity index (χ4n) is 2.12. The number of unbranched alkanes of at least 4 members (excludes halogenated alkanes) is 1. The van der Waals surface area contributed by atoms with E-state index < -0.39 is 0 Å².